The number of nitriles is 1. The second-order valence-electron chi connectivity index (χ2n) is 11.0. The molecule has 6 rings (SSSR count). The molecule has 1 spiro atoms. The van der Waals surface area contributed by atoms with Crippen molar-refractivity contribution in [2.75, 3.05) is 62.8 Å². The Balaban J connectivity index is 1.15. The molecule has 1 aromatic carbocycles. The van der Waals surface area contributed by atoms with Gasteiger partial charge in [0.1, 0.15) is 5.82 Å². The fourth-order valence-electron chi connectivity index (χ4n) is 6.34. The lowest BCUT2D eigenvalue weighted by atomic mass is 9.87. The third-order valence-corrected chi connectivity index (χ3v) is 9.26. The van der Waals surface area contributed by atoms with E-state index in [1.54, 1.807) is 6.20 Å². The average molecular weight is 510 g/mol. The van der Waals surface area contributed by atoms with Crippen LogP contribution in [0.15, 0.2) is 24.4 Å². The number of piperazine rings is 1. The van der Waals surface area contributed by atoms with Crippen molar-refractivity contribution in [3.05, 3.63) is 29.4 Å². The van der Waals surface area contributed by atoms with Crippen LogP contribution in [0.2, 0.25) is 5.02 Å². The zero-order chi connectivity index (χ0) is 24.9. The minimum absolute atomic E-state index is 0.0590. The minimum atomic E-state index is -0.239. The summed E-state index contributed by atoms with van der Waals surface area (Å²) in [5.74, 6) is 0.598. The maximum Gasteiger partial charge on any atom is 0.229 e. The quantitative estimate of drug-likeness (QED) is 0.672. The topological polar surface area (TPSA) is 90.7 Å². The van der Waals surface area contributed by atoms with Gasteiger partial charge in [-0.25, -0.2) is 4.98 Å². The fraction of sp³-hybridized carbons (Fsp3) is 0.593. The number of nitrogens with zero attached hydrogens (tertiary/aromatic N) is 4. The number of ether oxygens (including phenoxy) is 2. The summed E-state index contributed by atoms with van der Waals surface area (Å²) in [5, 5.41) is 15.2. The summed E-state index contributed by atoms with van der Waals surface area (Å²) in [6.45, 7) is 8.08. The molecular formula is C27H32ClN5O3. The van der Waals surface area contributed by atoms with Crippen LogP contribution in [0.5, 0.6) is 0 Å². The highest BCUT2D eigenvalue weighted by molar-refractivity contribution is 6.34. The van der Waals surface area contributed by atoms with Gasteiger partial charge in [-0.1, -0.05) is 11.6 Å². The molecule has 0 bridgehead atoms. The largest absolute Gasteiger partial charge is 0.381 e. The number of nitrogens with one attached hydrogen (secondary N) is 1. The van der Waals surface area contributed by atoms with Crippen LogP contribution < -0.4 is 10.2 Å². The summed E-state index contributed by atoms with van der Waals surface area (Å²) in [5.41, 5.74) is 0.884. The Bertz CT molecular complexity index is 1220. The molecule has 1 saturated carbocycles. The summed E-state index contributed by atoms with van der Waals surface area (Å²) in [6, 6.07) is 8.42. The zero-order valence-electron chi connectivity index (χ0n) is 20.6. The van der Waals surface area contributed by atoms with Crippen molar-refractivity contribution in [1.29, 1.82) is 5.26 Å². The van der Waals surface area contributed by atoms with E-state index in [0.29, 0.717) is 24.1 Å². The normalized spacial score (nSPS) is 29.9. The number of amides is 1. The highest BCUT2D eigenvalue weighted by Gasteiger charge is 2.58. The summed E-state index contributed by atoms with van der Waals surface area (Å²) in [4.78, 5) is 22.1. The molecule has 1 amide bonds. The van der Waals surface area contributed by atoms with Crippen molar-refractivity contribution in [2.24, 2.45) is 17.3 Å². The van der Waals surface area contributed by atoms with Gasteiger partial charge in [0.15, 0.2) is 0 Å². The lowest BCUT2D eigenvalue weighted by molar-refractivity contribution is -0.118. The first-order chi connectivity index (χ1) is 17.4. The van der Waals surface area contributed by atoms with Gasteiger partial charge in [-0.2, -0.15) is 5.26 Å². The average Bonchev–Trinajstić information content (AvgIpc) is 3.44. The number of hydrogen-bond donors (Lipinski definition) is 1. The fourth-order valence-corrected chi connectivity index (χ4v) is 6.63. The second-order valence-corrected chi connectivity index (χ2v) is 11.4. The van der Waals surface area contributed by atoms with Crippen molar-refractivity contribution in [1.82, 2.24) is 9.88 Å². The summed E-state index contributed by atoms with van der Waals surface area (Å²) in [6.07, 6.45) is 4.66. The highest BCUT2D eigenvalue weighted by Crippen LogP contribution is 2.59. The van der Waals surface area contributed by atoms with Crippen molar-refractivity contribution in [2.45, 2.75) is 31.7 Å². The molecule has 4 aliphatic rings. The Morgan fingerprint density at radius 3 is 2.69 bits per heavy atom. The van der Waals surface area contributed by atoms with Gasteiger partial charge in [0.2, 0.25) is 5.91 Å². The Kier molecular flexibility index (Phi) is 6.08. The molecular weight excluding hydrogens is 478 g/mol. The molecule has 1 unspecified atom stereocenters. The van der Waals surface area contributed by atoms with Gasteiger partial charge in [0.25, 0.3) is 0 Å². The number of carbonyl (C=O) groups excluding carboxylic acids is 1. The van der Waals surface area contributed by atoms with Crippen LogP contribution in [0.3, 0.4) is 0 Å². The van der Waals surface area contributed by atoms with Gasteiger partial charge in [0, 0.05) is 56.9 Å². The first-order valence-electron chi connectivity index (χ1n) is 12.9. The van der Waals surface area contributed by atoms with Crippen LogP contribution in [0.25, 0.3) is 10.8 Å². The van der Waals surface area contributed by atoms with E-state index in [4.69, 9.17) is 21.1 Å². The van der Waals surface area contributed by atoms with Crippen LogP contribution in [0, 0.1) is 28.6 Å². The van der Waals surface area contributed by atoms with Gasteiger partial charge in [0.05, 0.1) is 41.4 Å². The number of rotatable bonds is 4. The summed E-state index contributed by atoms with van der Waals surface area (Å²) in [7, 11) is 0. The van der Waals surface area contributed by atoms with Crippen LogP contribution in [0.1, 0.15) is 26.2 Å². The van der Waals surface area contributed by atoms with Crippen molar-refractivity contribution in [3.8, 4) is 6.07 Å². The van der Waals surface area contributed by atoms with E-state index in [1.165, 1.54) is 0 Å². The van der Waals surface area contributed by atoms with E-state index in [2.05, 4.69) is 39.2 Å². The van der Waals surface area contributed by atoms with E-state index in [-0.39, 0.29) is 28.7 Å². The van der Waals surface area contributed by atoms with Gasteiger partial charge in [-0.05, 0) is 55.2 Å². The SMILES string of the molecule is C[C@]1(N2CCN(c3cc4cc(NC(=O)C5CC56CCOCC6)ncc4cc3Cl)CC2)COC[C@H]1C#N. The third kappa shape index (κ3) is 4.12. The molecule has 190 valence electrons. The lowest BCUT2D eigenvalue weighted by Gasteiger charge is -2.45. The van der Waals surface area contributed by atoms with Gasteiger partial charge in [-0.15, -0.1) is 0 Å². The molecule has 0 radical (unpaired) electrons. The van der Waals surface area contributed by atoms with Crippen LogP contribution in [0.4, 0.5) is 11.5 Å². The Hall–Kier alpha value is -2.44. The summed E-state index contributed by atoms with van der Waals surface area (Å²) < 4.78 is 11.1. The van der Waals surface area contributed by atoms with Crippen molar-refractivity contribution >= 4 is 39.8 Å². The van der Waals surface area contributed by atoms with Crippen LogP contribution in [-0.2, 0) is 14.3 Å². The van der Waals surface area contributed by atoms with E-state index in [9.17, 15) is 10.1 Å². The maximum absolute atomic E-state index is 12.9. The number of halogens is 1. The number of carbonyl (C=O) groups is 1. The van der Waals surface area contributed by atoms with E-state index >= 15 is 0 Å². The Morgan fingerprint density at radius 1 is 1.17 bits per heavy atom. The Morgan fingerprint density at radius 2 is 1.94 bits per heavy atom. The maximum atomic E-state index is 12.9. The molecule has 8 nitrogen and oxygen atoms in total. The van der Waals surface area contributed by atoms with Crippen LogP contribution in [-0.4, -0.2) is 73.9 Å². The second kappa shape index (κ2) is 9.14. The van der Waals surface area contributed by atoms with E-state index in [0.717, 1.165) is 75.1 Å². The number of benzene rings is 1. The Labute approximate surface area is 216 Å². The summed E-state index contributed by atoms with van der Waals surface area (Å²) >= 11 is 6.70. The molecule has 9 heteroatoms. The van der Waals surface area contributed by atoms with Gasteiger partial charge < -0.3 is 19.7 Å². The number of anilines is 2. The van der Waals surface area contributed by atoms with Crippen molar-refractivity contribution in [3.63, 3.8) is 0 Å². The molecule has 1 aliphatic carbocycles. The smallest absolute Gasteiger partial charge is 0.229 e. The molecule has 1 N–H and O–H groups in total. The molecule has 3 atom stereocenters. The van der Waals surface area contributed by atoms with E-state index < -0.39 is 0 Å². The number of fused-ring (bicyclic) bond motifs is 1. The monoisotopic (exact) mass is 509 g/mol. The van der Waals surface area contributed by atoms with Crippen LogP contribution >= 0.6 is 11.6 Å². The molecule has 3 aliphatic heterocycles. The predicted octanol–water partition coefficient (Wildman–Crippen LogP) is 3.69. The lowest BCUT2D eigenvalue weighted by Crippen LogP contribution is -2.58. The molecule has 4 heterocycles. The first-order valence-corrected chi connectivity index (χ1v) is 13.2. The molecule has 4 fully saturated rings. The van der Waals surface area contributed by atoms with Gasteiger partial charge >= 0.3 is 0 Å². The zero-order valence-corrected chi connectivity index (χ0v) is 21.4. The van der Waals surface area contributed by atoms with Gasteiger partial charge in [-0.3, -0.25) is 9.69 Å². The first kappa shape index (κ1) is 23.9. The number of aromatic nitrogens is 1. The molecule has 3 saturated heterocycles. The molecule has 1 aromatic heterocycles. The number of pyridine rings is 1. The molecule has 36 heavy (non-hydrogen) atoms. The predicted molar refractivity (Wildman–Crippen MR) is 138 cm³/mol. The minimum Gasteiger partial charge on any atom is -0.381 e. The number of hydrogen-bond acceptors (Lipinski definition) is 7. The standard InChI is InChI=1S/C27H32ClN5O3/c1-26(17-36-16-20(26)14-29)33-6-4-32(5-7-33)23-11-18-12-24(30-15-19(18)10-22(23)28)31-25(34)21-13-27(21)2-8-35-9-3-27/h10-12,15,20-21H,2-9,13,16-17H2,1H3,(H,30,31,34)/t20-,21?,26+/m1/s1. The highest BCUT2D eigenvalue weighted by atomic mass is 35.5. The third-order valence-electron chi connectivity index (χ3n) is 8.96. The van der Waals surface area contributed by atoms with Crippen molar-refractivity contribution < 1.29 is 14.3 Å². The molecule has 2 aromatic rings. The van der Waals surface area contributed by atoms with E-state index in [1.807, 2.05) is 12.1 Å².